The van der Waals surface area contributed by atoms with Gasteiger partial charge in [-0.3, -0.25) is 9.47 Å². The van der Waals surface area contributed by atoms with Crippen LogP contribution in [0.25, 0.3) is 27.3 Å². The summed E-state index contributed by atoms with van der Waals surface area (Å²) < 4.78 is 6.07. The summed E-state index contributed by atoms with van der Waals surface area (Å²) in [5.74, 6) is 1.33. The molecule has 1 aliphatic rings. The van der Waals surface area contributed by atoms with Crippen LogP contribution in [0.1, 0.15) is 29.3 Å². The predicted octanol–water partition coefficient (Wildman–Crippen LogP) is 6.83. The number of rotatable bonds is 5. The molecule has 1 aliphatic heterocycles. The van der Waals surface area contributed by atoms with Crippen molar-refractivity contribution in [3.63, 3.8) is 0 Å². The van der Waals surface area contributed by atoms with Crippen LogP contribution in [-0.2, 0) is 6.67 Å². The van der Waals surface area contributed by atoms with Gasteiger partial charge in [-0.25, -0.2) is 9.67 Å². The van der Waals surface area contributed by atoms with E-state index < -0.39 is 0 Å². The van der Waals surface area contributed by atoms with E-state index in [2.05, 4.69) is 77.1 Å². The molecule has 6 rings (SSSR count). The topological polar surface area (TPSA) is 38.9 Å². The van der Waals surface area contributed by atoms with Gasteiger partial charge in [0.25, 0.3) is 0 Å². The van der Waals surface area contributed by atoms with E-state index in [0.717, 1.165) is 46.9 Å². The highest BCUT2D eigenvalue weighted by Gasteiger charge is 2.25. The molecule has 1 atom stereocenters. The smallest absolute Gasteiger partial charge is 0.204 e. The van der Waals surface area contributed by atoms with Crippen LogP contribution in [-0.4, -0.2) is 37.3 Å². The first-order chi connectivity index (χ1) is 17.2. The standard InChI is InChI=1S/C28H27N5S2/c1-20-9-7-10-21(17-20)26-30-32(28(34)33(26)23-12-3-2-4-13-23)19-31-16-8-11-22(18-31)27-29-24-14-5-6-15-25(24)35-27/h2-7,9-10,12-15,17,22H,8,11,16,18-19H2,1H3/t22-/m1/s1. The molecule has 0 unspecified atom stereocenters. The Morgan fingerprint density at radius 1 is 1.00 bits per heavy atom. The minimum atomic E-state index is 0.447. The van der Waals surface area contributed by atoms with Crippen molar-refractivity contribution in [3.8, 4) is 17.1 Å². The molecule has 5 nitrogen and oxygen atoms in total. The number of aryl methyl sites for hydroxylation is 1. The van der Waals surface area contributed by atoms with E-state index in [1.165, 1.54) is 21.7 Å². The van der Waals surface area contributed by atoms with E-state index in [1.54, 1.807) is 0 Å². The van der Waals surface area contributed by atoms with Gasteiger partial charge < -0.3 is 0 Å². The van der Waals surface area contributed by atoms with Crippen molar-refractivity contribution >= 4 is 33.8 Å². The molecule has 0 aliphatic carbocycles. The third-order valence-corrected chi connectivity index (χ3v) is 8.22. The molecule has 3 heterocycles. The van der Waals surface area contributed by atoms with Crippen molar-refractivity contribution in [2.45, 2.75) is 32.4 Å². The molecule has 0 bridgehead atoms. The summed E-state index contributed by atoms with van der Waals surface area (Å²) in [6, 6.07) is 27.2. The Balaban J connectivity index is 1.32. The fourth-order valence-corrected chi connectivity index (χ4v) is 6.30. The van der Waals surface area contributed by atoms with Crippen LogP contribution in [0.3, 0.4) is 0 Å². The quantitative estimate of drug-likeness (QED) is 0.250. The highest BCUT2D eigenvalue weighted by molar-refractivity contribution is 7.71. The normalized spacial score (nSPS) is 16.7. The lowest BCUT2D eigenvalue weighted by molar-refractivity contribution is 0.156. The molecular weight excluding hydrogens is 470 g/mol. The van der Waals surface area contributed by atoms with E-state index in [0.29, 0.717) is 12.6 Å². The molecule has 0 radical (unpaired) electrons. The summed E-state index contributed by atoms with van der Waals surface area (Å²) in [7, 11) is 0. The van der Waals surface area contributed by atoms with Gasteiger partial charge in [-0.2, -0.15) is 0 Å². The average Bonchev–Trinajstić information content (AvgIpc) is 3.46. The number of benzene rings is 3. The van der Waals surface area contributed by atoms with Gasteiger partial charge in [0.15, 0.2) is 5.82 Å². The Kier molecular flexibility index (Phi) is 6.06. The monoisotopic (exact) mass is 497 g/mol. The zero-order valence-electron chi connectivity index (χ0n) is 19.7. The molecule has 176 valence electrons. The van der Waals surface area contributed by atoms with Gasteiger partial charge in [0.05, 0.1) is 21.9 Å². The molecule has 0 N–H and O–H groups in total. The highest BCUT2D eigenvalue weighted by atomic mass is 32.1. The number of thiazole rings is 1. The van der Waals surface area contributed by atoms with Crippen molar-refractivity contribution in [2.24, 2.45) is 0 Å². The van der Waals surface area contributed by atoms with Crippen LogP contribution in [0, 0.1) is 11.7 Å². The van der Waals surface area contributed by atoms with Crippen molar-refractivity contribution < 1.29 is 0 Å². The average molecular weight is 498 g/mol. The summed E-state index contributed by atoms with van der Waals surface area (Å²) >= 11 is 7.82. The zero-order valence-corrected chi connectivity index (χ0v) is 21.3. The summed E-state index contributed by atoms with van der Waals surface area (Å²) in [5, 5.41) is 6.29. The molecule has 1 saturated heterocycles. The maximum atomic E-state index is 5.99. The molecular formula is C28H27N5S2. The molecule has 0 saturated carbocycles. The van der Waals surface area contributed by atoms with Gasteiger partial charge in [0, 0.05) is 23.7 Å². The summed E-state index contributed by atoms with van der Waals surface area (Å²) in [6.07, 6.45) is 2.33. The fraction of sp³-hybridized carbons (Fsp3) is 0.250. The number of hydrogen-bond acceptors (Lipinski definition) is 5. The van der Waals surface area contributed by atoms with Gasteiger partial charge in [-0.05, 0) is 68.9 Å². The SMILES string of the molecule is Cc1cccc(-c2nn(CN3CCC[C@@H](c4nc5ccccc5s4)C3)c(=S)n2-c2ccccc2)c1. The second-order valence-electron chi connectivity index (χ2n) is 9.22. The lowest BCUT2D eigenvalue weighted by Crippen LogP contribution is -2.36. The number of nitrogens with zero attached hydrogens (tertiary/aromatic N) is 5. The third-order valence-electron chi connectivity index (χ3n) is 6.63. The van der Waals surface area contributed by atoms with Gasteiger partial charge >= 0.3 is 0 Å². The lowest BCUT2D eigenvalue weighted by atomic mass is 9.99. The second-order valence-corrected chi connectivity index (χ2v) is 10.7. The number of fused-ring (bicyclic) bond motifs is 1. The molecule has 3 aromatic carbocycles. The molecule has 2 aromatic heterocycles. The Morgan fingerprint density at radius 2 is 1.83 bits per heavy atom. The van der Waals surface area contributed by atoms with E-state index >= 15 is 0 Å². The van der Waals surface area contributed by atoms with Crippen LogP contribution in [0.15, 0.2) is 78.9 Å². The van der Waals surface area contributed by atoms with Crippen LogP contribution in [0.2, 0.25) is 0 Å². The first kappa shape index (κ1) is 22.3. The Bertz CT molecular complexity index is 1500. The summed E-state index contributed by atoms with van der Waals surface area (Å²) in [6.45, 7) is 4.80. The van der Waals surface area contributed by atoms with Crippen molar-refractivity contribution in [1.29, 1.82) is 0 Å². The summed E-state index contributed by atoms with van der Waals surface area (Å²) in [5.41, 5.74) is 4.42. The largest absolute Gasteiger partial charge is 0.284 e. The first-order valence-electron chi connectivity index (χ1n) is 12.1. The molecule has 7 heteroatoms. The molecule has 35 heavy (non-hydrogen) atoms. The zero-order chi connectivity index (χ0) is 23.8. The maximum absolute atomic E-state index is 5.99. The highest BCUT2D eigenvalue weighted by Crippen LogP contribution is 2.33. The maximum Gasteiger partial charge on any atom is 0.204 e. The van der Waals surface area contributed by atoms with Crippen LogP contribution < -0.4 is 0 Å². The van der Waals surface area contributed by atoms with E-state index in [4.69, 9.17) is 22.3 Å². The van der Waals surface area contributed by atoms with Gasteiger partial charge in [0.1, 0.15) is 0 Å². The fourth-order valence-electron chi connectivity index (χ4n) is 4.92. The second kappa shape index (κ2) is 9.49. The van der Waals surface area contributed by atoms with Crippen molar-refractivity contribution in [2.75, 3.05) is 13.1 Å². The van der Waals surface area contributed by atoms with Gasteiger partial charge in [0.2, 0.25) is 4.77 Å². The lowest BCUT2D eigenvalue weighted by Gasteiger charge is -2.31. The molecule has 5 aromatic rings. The Labute approximate surface area is 214 Å². The van der Waals surface area contributed by atoms with E-state index in [-0.39, 0.29) is 0 Å². The van der Waals surface area contributed by atoms with Crippen molar-refractivity contribution in [1.82, 2.24) is 24.2 Å². The van der Waals surface area contributed by atoms with Gasteiger partial charge in [-0.1, -0.05) is 54.1 Å². The van der Waals surface area contributed by atoms with Crippen LogP contribution in [0.4, 0.5) is 0 Å². The Hall–Kier alpha value is -3.13. The molecule has 0 spiro atoms. The van der Waals surface area contributed by atoms with Gasteiger partial charge in [-0.15, -0.1) is 16.4 Å². The number of aromatic nitrogens is 4. The molecule has 0 amide bonds. The van der Waals surface area contributed by atoms with E-state index in [9.17, 15) is 0 Å². The van der Waals surface area contributed by atoms with Crippen molar-refractivity contribution in [3.05, 3.63) is 94.2 Å². The minimum absolute atomic E-state index is 0.447. The van der Waals surface area contributed by atoms with Crippen LogP contribution in [0.5, 0.6) is 0 Å². The first-order valence-corrected chi connectivity index (χ1v) is 13.3. The third kappa shape index (κ3) is 4.47. The Morgan fingerprint density at radius 3 is 2.66 bits per heavy atom. The minimum Gasteiger partial charge on any atom is -0.284 e. The number of para-hydroxylation sites is 2. The van der Waals surface area contributed by atoms with Crippen LogP contribution >= 0.6 is 23.6 Å². The van der Waals surface area contributed by atoms with E-state index in [1.807, 2.05) is 34.2 Å². The molecule has 1 fully saturated rings. The summed E-state index contributed by atoms with van der Waals surface area (Å²) in [4.78, 5) is 7.42. The number of hydrogen-bond donors (Lipinski definition) is 0. The number of piperidine rings is 1. The number of likely N-dealkylation sites (tertiary alicyclic amines) is 1. The predicted molar refractivity (Wildman–Crippen MR) is 146 cm³/mol.